The van der Waals surface area contributed by atoms with E-state index >= 15 is 0 Å². The van der Waals surface area contributed by atoms with Gasteiger partial charge in [-0.25, -0.2) is 4.98 Å². The van der Waals surface area contributed by atoms with Gasteiger partial charge < -0.3 is 39.0 Å². The Kier molecular flexibility index (Phi) is 14.1. The number of ether oxygens (including phenoxy) is 5. The third-order valence-corrected chi connectivity index (χ3v) is 14.8. The first-order chi connectivity index (χ1) is 34.3. The smallest absolute Gasteiger partial charge is 0.261 e. The molecule has 6 aromatic rings. The van der Waals surface area contributed by atoms with Crippen molar-refractivity contribution >= 4 is 62.6 Å². The first kappa shape index (κ1) is 46.6. The van der Waals surface area contributed by atoms with Gasteiger partial charge in [-0.1, -0.05) is 53.3 Å². The molecule has 2 atom stereocenters. The average Bonchev–Trinajstić information content (AvgIpc) is 3.88. The Morgan fingerprint density at radius 1 is 0.786 bits per heavy atom. The fourth-order valence-corrected chi connectivity index (χ4v) is 11.0. The number of hydrogen-bond donors (Lipinski definition) is 1. The van der Waals surface area contributed by atoms with Gasteiger partial charge in [-0.15, -0.1) is 0 Å². The summed E-state index contributed by atoms with van der Waals surface area (Å²) in [6.07, 6.45) is 6.75. The molecular formula is C54H51N6O8S2-. The quantitative estimate of drug-likeness (QED) is 0.0647. The second-order valence-electron chi connectivity index (χ2n) is 17.2. The summed E-state index contributed by atoms with van der Waals surface area (Å²) in [6, 6.07) is 34.2. The maximum atomic E-state index is 14.1. The average molecular weight is 976 g/mol. The summed E-state index contributed by atoms with van der Waals surface area (Å²) >= 11 is 0. The number of aromatic nitrogens is 1. The maximum absolute atomic E-state index is 14.1. The van der Waals surface area contributed by atoms with E-state index in [0.717, 1.165) is 50.8 Å². The molecule has 10 rings (SSSR count). The standard InChI is InChI=1S/C54H52N6O8S2/c1-64-47-26-41-43(57-30-38-24-36-11-3-5-13-45(36)59(38)53(41)62)28-49(47)67-32-34-21-35(23-40(22-34)66-19-10-8-15-51(61)55-18-20-69-70-52-16-7-9-17-56-52)33-68-50-29-44-42(27-48(50)65-2)54(63)60-39(31-58-44)25-37-12-4-6-14-46(37)60/h3-7,9,11-14,16-17,21-23,26-30,38-39,63H,8,10,15,18-20,24-25,31-33H2,1-2H3,(H,55,61)/p-1/t38-,39-/m0/s1. The van der Waals surface area contributed by atoms with Crippen LogP contribution in [0.3, 0.4) is 0 Å². The molecule has 16 heteroatoms. The molecule has 4 aliphatic rings. The third kappa shape index (κ3) is 10.1. The highest BCUT2D eigenvalue weighted by atomic mass is 33.1. The summed E-state index contributed by atoms with van der Waals surface area (Å²) in [5, 5.41) is 19.0. The number of amides is 2. The van der Waals surface area contributed by atoms with Gasteiger partial charge in [-0.05, 0) is 113 Å². The molecule has 0 radical (unpaired) electrons. The van der Waals surface area contributed by atoms with Gasteiger partial charge in [0.15, 0.2) is 23.0 Å². The monoisotopic (exact) mass is 975 g/mol. The Morgan fingerprint density at radius 2 is 1.50 bits per heavy atom. The molecule has 0 aliphatic carbocycles. The molecule has 1 aromatic heterocycles. The van der Waals surface area contributed by atoms with Crippen LogP contribution in [-0.2, 0) is 30.8 Å². The van der Waals surface area contributed by atoms with Crippen LogP contribution >= 0.6 is 21.6 Å². The van der Waals surface area contributed by atoms with Crippen LogP contribution < -0.4 is 54.5 Å². The van der Waals surface area contributed by atoms with E-state index in [-0.39, 0.29) is 43.0 Å². The lowest BCUT2D eigenvalue weighted by molar-refractivity contribution is -0.252. The van der Waals surface area contributed by atoms with Crippen molar-refractivity contribution in [2.45, 2.75) is 62.4 Å². The second kappa shape index (κ2) is 21.2. The molecule has 0 unspecified atom stereocenters. The number of carbonyl (C=O) groups excluding carboxylic acids is 2. The molecule has 358 valence electrons. The molecule has 5 heterocycles. The lowest BCUT2D eigenvalue weighted by Gasteiger charge is -2.32. The number of unbranched alkanes of at least 4 members (excludes halogenated alkanes) is 1. The van der Waals surface area contributed by atoms with Gasteiger partial charge in [0, 0.05) is 66.3 Å². The summed E-state index contributed by atoms with van der Waals surface area (Å²) < 4.78 is 30.8. The minimum atomic E-state index is -0.191. The zero-order valence-electron chi connectivity index (χ0n) is 38.8. The SMILES string of the molecule is COc1cc2c(cc1OCc1cc(COc3cc4c(cc3OC)=C([O-])N3c5ccccc5C[C@H]3CN=4)cc(OCCCCC(=O)NCCSSc3ccccn3)c1)N=C[C@@H]1Cc3ccccc3N1C2=O. The molecular weight excluding hydrogens is 925 g/mol. The van der Waals surface area contributed by atoms with E-state index in [0.29, 0.717) is 96.0 Å². The molecule has 14 nitrogen and oxygen atoms in total. The summed E-state index contributed by atoms with van der Waals surface area (Å²) in [7, 11) is 6.35. The van der Waals surface area contributed by atoms with E-state index < -0.39 is 0 Å². The van der Waals surface area contributed by atoms with E-state index in [1.165, 1.54) is 0 Å². The number of nitrogens with one attached hydrogen (secondary N) is 1. The molecule has 2 amide bonds. The Hall–Kier alpha value is -7.17. The zero-order chi connectivity index (χ0) is 48.0. The van der Waals surface area contributed by atoms with Crippen molar-refractivity contribution in [1.29, 1.82) is 0 Å². The number of pyridine rings is 1. The molecule has 0 fully saturated rings. The van der Waals surface area contributed by atoms with E-state index in [2.05, 4.69) is 16.4 Å². The summed E-state index contributed by atoms with van der Waals surface area (Å²) in [5.74, 6) is 2.81. The highest BCUT2D eigenvalue weighted by Crippen LogP contribution is 2.42. The second-order valence-corrected chi connectivity index (χ2v) is 19.6. The van der Waals surface area contributed by atoms with Crippen LogP contribution in [0.15, 0.2) is 130 Å². The van der Waals surface area contributed by atoms with E-state index in [9.17, 15) is 14.7 Å². The number of para-hydroxylation sites is 2. The fourth-order valence-electron chi connectivity index (χ4n) is 9.23. The molecule has 0 saturated heterocycles. The minimum Gasteiger partial charge on any atom is -0.860 e. The van der Waals surface area contributed by atoms with Gasteiger partial charge >= 0.3 is 0 Å². The Labute approximate surface area is 413 Å². The number of rotatable bonds is 19. The van der Waals surface area contributed by atoms with Gasteiger partial charge in [-0.3, -0.25) is 24.5 Å². The number of fused-ring (bicyclic) bond motifs is 8. The Balaban J connectivity index is 0.838. The van der Waals surface area contributed by atoms with Crippen molar-refractivity contribution in [3.05, 3.63) is 154 Å². The largest absolute Gasteiger partial charge is 0.860 e. The maximum Gasteiger partial charge on any atom is 0.261 e. The Morgan fingerprint density at radius 3 is 2.26 bits per heavy atom. The lowest BCUT2D eigenvalue weighted by atomic mass is 10.1. The van der Waals surface area contributed by atoms with Crippen molar-refractivity contribution < 1.29 is 38.4 Å². The first-order valence-corrected chi connectivity index (χ1v) is 25.6. The number of methoxy groups -OCH3 is 2. The van der Waals surface area contributed by atoms with Crippen LogP contribution in [0.2, 0.25) is 0 Å². The molecule has 1 N–H and O–H groups in total. The van der Waals surface area contributed by atoms with Crippen molar-refractivity contribution in [1.82, 2.24) is 10.3 Å². The summed E-state index contributed by atoms with van der Waals surface area (Å²) in [4.78, 5) is 44.3. The summed E-state index contributed by atoms with van der Waals surface area (Å²) in [6.45, 7) is 1.69. The van der Waals surface area contributed by atoms with Gasteiger partial charge in [0.2, 0.25) is 5.91 Å². The van der Waals surface area contributed by atoms with Crippen LogP contribution in [0.4, 0.5) is 17.1 Å². The fraction of sp³-hybridized carbons (Fsp3) is 0.278. The number of carbonyl (C=O) groups is 2. The summed E-state index contributed by atoms with van der Waals surface area (Å²) in [5.41, 5.74) is 6.56. The first-order valence-electron chi connectivity index (χ1n) is 23.3. The van der Waals surface area contributed by atoms with Crippen molar-refractivity contribution in [2.75, 3.05) is 49.5 Å². The number of hydrogen-bond acceptors (Lipinski definition) is 14. The zero-order valence-corrected chi connectivity index (χ0v) is 40.4. The van der Waals surface area contributed by atoms with Gasteiger partial charge in [0.05, 0.1) is 56.1 Å². The molecule has 0 spiro atoms. The Bertz CT molecular complexity index is 3080. The van der Waals surface area contributed by atoms with Crippen LogP contribution in [0, 0.1) is 0 Å². The molecule has 70 heavy (non-hydrogen) atoms. The minimum absolute atomic E-state index is 0.00657. The lowest BCUT2D eigenvalue weighted by Crippen LogP contribution is -2.41. The highest BCUT2D eigenvalue weighted by Gasteiger charge is 2.36. The molecule has 5 aromatic carbocycles. The predicted molar refractivity (Wildman–Crippen MR) is 270 cm³/mol. The number of nitrogens with zero attached hydrogens (tertiary/aromatic N) is 5. The molecule has 0 bridgehead atoms. The number of benzene rings is 5. The van der Waals surface area contributed by atoms with E-state index in [1.54, 1.807) is 71.2 Å². The van der Waals surface area contributed by atoms with Crippen molar-refractivity contribution in [3.8, 4) is 28.7 Å². The molecule has 4 aliphatic heterocycles. The molecule has 0 saturated carbocycles. The van der Waals surface area contributed by atoms with Crippen LogP contribution in [0.25, 0.3) is 5.88 Å². The van der Waals surface area contributed by atoms with Crippen molar-refractivity contribution in [2.24, 2.45) is 9.98 Å². The van der Waals surface area contributed by atoms with Gasteiger partial charge in [-0.2, -0.15) is 0 Å². The van der Waals surface area contributed by atoms with Gasteiger partial charge in [0.1, 0.15) is 24.0 Å². The van der Waals surface area contributed by atoms with E-state index in [4.69, 9.17) is 33.7 Å². The number of anilines is 2. The number of aliphatic imine (C=N–C) groups is 1. The topological polar surface area (TPSA) is 159 Å². The van der Waals surface area contributed by atoms with Gasteiger partial charge in [0.25, 0.3) is 5.91 Å². The van der Waals surface area contributed by atoms with Crippen LogP contribution in [0.1, 0.15) is 51.9 Å². The third-order valence-electron chi connectivity index (χ3n) is 12.6. The van der Waals surface area contributed by atoms with Crippen molar-refractivity contribution in [3.63, 3.8) is 0 Å². The van der Waals surface area contributed by atoms with Crippen LogP contribution in [0.5, 0.6) is 28.7 Å². The van der Waals surface area contributed by atoms with Crippen LogP contribution in [-0.4, -0.2) is 74.8 Å². The van der Waals surface area contributed by atoms with E-state index in [1.807, 2.05) is 90.0 Å². The highest BCUT2D eigenvalue weighted by molar-refractivity contribution is 8.76. The normalized spacial score (nSPS) is 16.1. The predicted octanol–water partition coefficient (Wildman–Crippen LogP) is 7.14.